The van der Waals surface area contributed by atoms with Crippen molar-refractivity contribution in [3.8, 4) is 5.75 Å². The molecule has 0 spiro atoms. The number of ether oxygens (including phenoxy) is 2. The summed E-state index contributed by atoms with van der Waals surface area (Å²) in [5, 5.41) is 3.42. The van der Waals surface area contributed by atoms with Crippen LogP contribution in [0, 0.1) is 0 Å². The van der Waals surface area contributed by atoms with Crippen molar-refractivity contribution in [1.29, 1.82) is 0 Å². The van der Waals surface area contributed by atoms with Crippen molar-refractivity contribution in [3.05, 3.63) is 29.8 Å². The molecule has 0 aromatic heterocycles. The van der Waals surface area contributed by atoms with Gasteiger partial charge < -0.3 is 14.8 Å². The molecule has 1 aromatic rings. The number of hydrogen-bond acceptors (Lipinski definition) is 3. The molecule has 0 amide bonds. The van der Waals surface area contributed by atoms with Crippen molar-refractivity contribution in [3.63, 3.8) is 0 Å². The van der Waals surface area contributed by atoms with Crippen LogP contribution in [-0.4, -0.2) is 25.9 Å². The third-order valence-electron chi connectivity index (χ3n) is 3.78. The fourth-order valence-corrected chi connectivity index (χ4v) is 2.79. The highest BCUT2D eigenvalue weighted by Crippen LogP contribution is 2.31. The molecular weight excluding hydrogens is 250 g/mol. The van der Waals surface area contributed by atoms with Gasteiger partial charge in [-0.3, -0.25) is 0 Å². The van der Waals surface area contributed by atoms with Gasteiger partial charge in [0.05, 0.1) is 12.2 Å². The normalized spacial score (nSPS) is 20.9. The molecule has 1 aliphatic heterocycles. The van der Waals surface area contributed by atoms with Crippen LogP contribution in [0.25, 0.3) is 0 Å². The lowest BCUT2D eigenvalue weighted by atomic mass is 9.96. The maximum Gasteiger partial charge on any atom is 0.124 e. The molecule has 112 valence electrons. The van der Waals surface area contributed by atoms with Gasteiger partial charge in [-0.2, -0.15) is 0 Å². The van der Waals surface area contributed by atoms with Gasteiger partial charge in [-0.1, -0.05) is 18.2 Å². The number of hydrogen-bond donors (Lipinski definition) is 1. The van der Waals surface area contributed by atoms with Gasteiger partial charge >= 0.3 is 0 Å². The first-order valence-corrected chi connectivity index (χ1v) is 7.75. The van der Waals surface area contributed by atoms with Crippen molar-refractivity contribution in [2.75, 3.05) is 13.7 Å². The summed E-state index contributed by atoms with van der Waals surface area (Å²) in [4.78, 5) is 0. The zero-order valence-electron chi connectivity index (χ0n) is 12.9. The van der Waals surface area contributed by atoms with Gasteiger partial charge in [-0.05, 0) is 52.6 Å². The minimum Gasteiger partial charge on any atom is -0.491 e. The number of rotatable bonds is 6. The van der Waals surface area contributed by atoms with Gasteiger partial charge in [-0.15, -0.1) is 0 Å². The number of benzene rings is 1. The van der Waals surface area contributed by atoms with E-state index in [2.05, 4.69) is 37.4 Å². The van der Waals surface area contributed by atoms with E-state index in [1.165, 1.54) is 24.8 Å². The van der Waals surface area contributed by atoms with Crippen molar-refractivity contribution < 1.29 is 9.47 Å². The fourth-order valence-electron chi connectivity index (χ4n) is 2.79. The Morgan fingerprint density at radius 2 is 2.10 bits per heavy atom. The molecule has 0 bridgehead atoms. The molecule has 1 N–H and O–H groups in total. The average molecular weight is 277 g/mol. The molecule has 1 fully saturated rings. The smallest absolute Gasteiger partial charge is 0.124 e. The van der Waals surface area contributed by atoms with Crippen molar-refractivity contribution in [2.45, 2.75) is 57.8 Å². The van der Waals surface area contributed by atoms with Crippen LogP contribution in [-0.2, 0) is 4.74 Å². The molecule has 1 heterocycles. The summed E-state index contributed by atoms with van der Waals surface area (Å²) in [5.41, 5.74) is 1.23. The van der Waals surface area contributed by atoms with Crippen molar-refractivity contribution in [1.82, 2.24) is 5.32 Å². The Bertz CT molecular complexity index is 400. The van der Waals surface area contributed by atoms with Gasteiger partial charge in [0.2, 0.25) is 0 Å². The highest BCUT2D eigenvalue weighted by Gasteiger charge is 2.22. The van der Waals surface area contributed by atoms with Gasteiger partial charge in [0, 0.05) is 18.2 Å². The van der Waals surface area contributed by atoms with E-state index >= 15 is 0 Å². The van der Waals surface area contributed by atoms with E-state index < -0.39 is 0 Å². The molecule has 2 rings (SSSR count). The van der Waals surface area contributed by atoms with Crippen LogP contribution in [0.3, 0.4) is 0 Å². The van der Waals surface area contributed by atoms with Crippen molar-refractivity contribution >= 4 is 0 Å². The summed E-state index contributed by atoms with van der Waals surface area (Å²) in [6, 6.07) is 8.61. The summed E-state index contributed by atoms with van der Waals surface area (Å²) >= 11 is 0. The lowest BCUT2D eigenvalue weighted by molar-refractivity contribution is 0.00530. The topological polar surface area (TPSA) is 30.5 Å². The lowest BCUT2D eigenvalue weighted by Crippen LogP contribution is -2.27. The molecule has 0 aliphatic carbocycles. The Morgan fingerprint density at radius 1 is 1.30 bits per heavy atom. The van der Waals surface area contributed by atoms with Crippen LogP contribution in [0.4, 0.5) is 0 Å². The predicted molar refractivity (Wildman–Crippen MR) is 82.2 cm³/mol. The third-order valence-corrected chi connectivity index (χ3v) is 3.78. The van der Waals surface area contributed by atoms with Crippen LogP contribution in [0.2, 0.25) is 0 Å². The molecule has 3 heteroatoms. The summed E-state index contributed by atoms with van der Waals surface area (Å²) in [6.07, 6.45) is 5.23. The van der Waals surface area contributed by atoms with Gasteiger partial charge in [0.25, 0.3) is 0 Å². The third kappa shape index (κ3) is 4.22. The summed E-state index contributed by atoms with van der Waals surface area (Å²) in [7, 11) is 2.01. The Kier molecular flexibility index (Phi) is 5.86. The summed E-state index contributed by atoms with van der Waals surface area (Å²) in [6.45, 7) is 5.04. The zero-order valence-corrected chi connectivity index (χ0v) is 12.9. The molecule has 2 unspecified atom stereocenters. The Balaban J connectivity index is 2.09. The van der Waals surface area contributed by atoms with Crippen LogP contribution >= 0.6 is 0 Å². The average Bonchev–Trinajstić information content (AvgIpc) is 2.46. The first-order chi connectivity index (χ1) is 9.70. The van der Waals surface area contributed by atoms with Crippen LogP contribution in [0.5, 0.6) is 5.75 Å². The van der Waals surface area contributed by atoms with E-state index in [0.29, 0.717) is 6.10 Å². The van der Waals surface area contributed by atoms with E-state index in [-0.39, 0.29) is 12.1 Å². The monoisotopic (exact) mass is 277 g/mol. The number of para-hydroxylation sites is 1. The van der Waals surface area contributed by atoms with Gasteiger partial charge in [0.1, 0.15) is 5.75 Å². The maximum absolute atomic E-state index is 5.94. The quantitative estimate of drug-likeness (QED) is 0.860. The largest absolute Gasteiger partial charge is 0.491 e. The van der Waals surface area contributed by atoms with Crippen LogP contribution in [0.15, 0.2) is 24.3 Å². The first-order valence-electron chi connectivity index (χ1n) is 7.75. The van der Waals surface area contributed by atoms with Gasteiger partial charge in [-0.25, -0.2) is 0 Å². The fraction of sp³-hybridized carbons (Fsp3) is 0.647. The lowest BCUT2D eigenvalue weighted by Gasteiger charge is -2.28. The second-order valence-electron chi connectivity index (χ2n) is 5.77. The maximum atomic E-state index is 5.94. The SMILES string of the molecule is CNC(CC1CCCCO1)c1ccccc1OC(C)C. The van der Waals surface area contributed by atoms with E-state index in [4.69, 9.17) is 9.47 Å². The standard InChI is InChI=1S/C17H27NO2/c1-13(2)20-17-10-5-4-9-15(17)16(18-3)12-14-8-6-7-11-19-14/h4-5,9-10,13-14,16,18H,6-8,11-12H2,1-3H3. The molecule has 1 aliphatic rings. The predicted octanol–water partition coefficient (Wildman–Crippen LogP) is 3.69. The minimum atomic E-state index is 0.194. The second kappa shape index (κ2) is 7.65. The zero-order chi connectivity index (χ0) is 14.4. The molecular formula is C17H27NO2. The van der Waals surface area contributed by atoms with E-state index in [0.717, 1.165) is 18.8 Å². The van der Waals surface area contributed by atoms with Crippen LogP contribution < -0.4 is 10.1 Å². The summed E-state index contributed by atoms with van der Waals surface area (Å²) in [5.74, 6) is 0.984. The van der Waals surface area contributed by atoms with Gasteiger partial charge in [0.15, 0.2) is 0 Å². The van der Waals surface area contributed by atoms with E-state index in [1.54, 1.807) is 0 Å². The molecule has 2 atom stereocenters. The molecule has 20 heavy (non-hydrogen) atoms. The first kappa shape index (κ1) is 15.3. The molecule has 0 saturated carbocycles. The highest BCUT2D eigenvalue weighted by molar-refractivity contribution is 5.36. The molecule has 1 aromatic carbocycles. The minimum absolute atomic E-state index is 0.194. The summed E-state index contributed by atoms with van der Waals surface area (Å²) < 4.78 is 11.8. The van der Waals surface area contributed by atoms with E-state index in [1.807, 2.05) is 13.1 Å². The Morgan fingerprint density at radius 3 is 2.75 bits per heavy atom. The van der Waals surface area contributed by atoms with Crippen LogP contribution in [0.1, 0.15) is 51.1 Å². The Labute approximate surface area is 122 Å². The molecule has 3 nitrogen and oxygen atoms in total. The number of nitrogens with one attached hydrogen (secondary N) is 1. The second-order valence-corrected chi connectivity index (χ2v) is 5.77. The highest BCUT2D eigenvalue weighted by atomic mass is 16.5. The van der Waals surface area contributed by atoms with E-state index in [9.17, 15) is 0 Å². The molecule has 0 radical (unpaired) electrons. The molecule has 1 saturated heterocycles. The van der Waals surface area contributed by atoms with Crippen molar-refractivity contribution in [2.24, 2.45) is 0 Å². The Hall–Kier alpha value is -1.06.